The number of hydrogen-bond donors (Lipinski definition) is 0. The number of rotatable bonds is 2. The molecular weight excluding hydrogens is 276 g/mol. The van der Waals surface area contributed by atoms with E-state index < -0.39 is 11.6 Å². The Hall–Kier alpha value is -1.70. The molecule has 0 aliphatic heterocycles. The number of thiophene rings is 1. The van der Waals surface area contributed by atoms with Gasteiger partial charge in [0.1, 0.15) is 17.7 Å². The van der Waals surface area contributed by atoms with Gasteiger partial charge >= 0.3 is 0 Å². The number of nitrogens with zero attached hydrogens (tertiary/aromatic N) is 1. The van der Waals surface area contributed by atoms with Crippen LogP contribution in [0.5, 0.6) is 0 Å². The number of nitriles is 1. The molecule has 0 amide bonds. The van der Waals surface area contributed by atoms with Gasteiger partial charge in [0.15, 0.2) is 0 Å². The zero-order valence-electron chi connectivity index (χ0n) is 8.95. The maximum absolute atomic E-state index is 13.1. The normalized spacial score (nSPS) is 11.9. The summed E-state index contributed by atoms with van der Waals surface area (Å²) in [6.45, 7) is 0. The Kier molecular flexibility index (Phi) is 3.75. The highest BCUT2D eigenvalue weighted by atomic mass is 35.5. The zero-order valence-corrected chi connectivity index (χ0v) is 10.5. The molecule has 0 saturated heterocycles. The molecule has 0 radical (unpaired) electrons. The first-order valence-corrected chi connectivity index (χ1v) is 6.18. The quantitative estimate of drug-likeness (QED) is 0.735. The standard InChI is InChI=1S/C13H6ClF2NS/c14-13(8-4-9(15)6-10(16)5-8)11(7-17)12-2-1-3-18-12/h1-6H. The van der Waals surface area contributed by atoms with E-state index in [1.165, 1.54) is 11.3 Å². The first kappa shape index (κ1) is 12.7. The Morgan fingerprint density at radius 3 is 2.39 bits per heavy atom. The lowest BCUT2D eigenvalue weighted by Gasteiger charge is -2.03. The van der Waals surface area contributed by atoms with Crippen LogP contribution in [-0.4, -0.2) is 0 Å². The number of benzene rings is 1. The van der Waals surface area contributed by atoms with Gasteiger partial charge in [0.25, 0.3) is 0 Å². The van der Waals surface area contributed by atoms with Crippen molar-refractivity contribution in [3.05, 3.63) is 57.8 Å². The lowest BCUT2D eigenvalue weighted by atomic mass is 10.1. The van der Waals surface area contributed by atoms with Crippen LogP contribution in [0.15, 0.2) is 35.7 Å². The first-order valence-electron chi connectivity index (χ1n) is 4.92. The second-order valence-electron chi connectivity index (χ2n) is 3.44. The fourth-order valence-electron chi connectivity index (χ4n) is 1.46. The lowest BCUT2D eigenvalue weighted by Crippen LogP contribution is -1.87. The van der Waals surface area contributed by atoms with Crippen LogP contribution >= 0.6 is 22.9 Å². The molecule has 1 aromatic heterocycles. The molecule has 1 heterocycles. The van der Waals surface area contributed by atoms with Crippen LogP contribution in [0.1, 0.15) is 10.4 Å². The van der Waals surface area contributed by atoms with Gasteiger partial charge in [0.2, 0.25) is 0 Å². The van der Waals surface area contributed by atoms with E-state index in [-0.39, 0.29) is 16.2 Å². The second-order valence-corrected chi connectivity index (χ2v) is 4.76. The van der Waals surface area contributed by atoms with Crippen LogP contribution in [0.3, 0.4) is 0 Å². The van der Waals surface area contributed by atoms with Gasteiger partial charge in [0.05, 0.1) is 10.6 Å². The molecule has 5 heteroatoms. The van der Waals surface area contributed by atoms with Crippen LogP contribution in [0, 0.1) is 23.0 Å². The molecule has 0 saturated carbocycles. The summed E-state index contributed by atoms with van der Waals surface area (Å²) < 4.78 is 26.2. The molecule has 0 fully saturated rings. The molecule has 0 aliphatic carbocycles. The van der Waals surface area contributed by atoms with Crippen molar-refractivity contribution in [1.29, 1.82) is 5.26 Å². The van der Waals surface area contributed by atoms with E-state index in [9.17, 15) is 8.78 Å². The highest BCUT2D eigenvalue weighted by Gasteiger charge is 2.12. The topological polar surface area (TPSA) is 23.8 Å². The third kappa shape index (κ3) is 2.58. The summed E-state index contributed by atoms with van der Waals surface area (Å²) >= 11 is 7.37. The largest absolute Gasteiger partial charge is 0.207 e. The predicted octanol–water partition coefficient (Wildman–Crippen LogP) is 4.66. The van der Waals surface area contributed by atoms with Gasteiger partial charge in [-0.3, -0.25) is 0 Å². The van der Waals surface area contributed by atoms with Crippen LogP contribution in [0.2, 0.25) is 0 Å². The summed E-state index contributed by atoms with van der Waals surface area (Å²) in [4.78, 5) is 0.659. The Morgan fingerprint density at radius 1 is 1.22 bits per heavy atom. The maximum Gasteiger partial charge on any atom is 0.126 e. The molecule has 0 N–H and O–H groups in total. The van der Waals surface area contributed by atoms with Crippen molar-refractivity contribution in [1.82, 2.24) is 0 Å². The Labute approximate surface area is 112 Å². The van der Waals surface area contributed by atoms with Crippen molar-refractivity contribution < 1.29 is 8.78 Å². The third-order valence-electron chi connectivity index (χ3n) is 2.21. The van der Waals surface area contributed by atoms with Gasteiger partial charge in [-0.05, 0) is 23.6 Å². The van der Waals surface area contributed by atoms with E-state index in [4.69, 9.17) is 16.9 Å². The minimum atomic E-state index is -0.730. The number of hydrogen-bond acceptors (Lipinski definition) is 2. The molecule has 90 valence electrons. The van der Waals surface area contributed by atoms with Crippen molar-refractivity contribution in [2.75, 3.05) is 0 Å². The summed E-state index contributed by atoms with van der Waals surface area (Å²) in [6.07, 6.45) is 0. The van der Waals surface area contributed by atoms with E-state index in [0.717, 1.165) is 18.2 Å². The van der Waals surface area contributed by atoms with Gasteiger partial charge in [-0.1, -0.05) is 17.7 Å². The summed E-state index contributed by atoms with van der Waals surface area (Å²) in [6, 6.07) is 8.39. The molecule has 0 unspecified atom stereocenters. The average molecular weight is 282 g/mol. The highest BCUT2D eigenvalue weighted by molar-refractivity contribution is 7.11. The van der Waals surface area contributed by atoms with E-state index in [1.807, 2.05) is 6.07 Å². The molecule has 0 bridgehead atoms. The molecule has 1 nitrogen and oxygen atoms in total. The van der Waals surface area contributed by atoms with Gasteiger partial charge in [-0.15, -0.1) is 11.3 Å². The van der Waals surface area contributed by atoms with Gasteiger partial charge in [-0.25, -0.2) is 8.78 Å². The van der Waals surface area contributed by atoms with Crippen molar-refractivity contribution in [2.24, 2.45) is 0 Å². The lowest BCUT2D eigenvalue weighted by molar-refractivity contribution is 0.583. The Morgan fingerprint density at radius 2 is 1.89 bits per heavy atom. The summed E-state index contributed by atoms with van der Waals surface area (Å²) in [5, 5.41) is 10.9. The van der Waals surface area contributed by atoms with Crippen molar-refractivity contribution >= 4 is 33.5 Å². The summed E-state index contributed by atoms with van der Waals surface area (Å²) in [5.41, 5.74) is 0.357. The van der Waals surface area contributed by atoms with Crippen molar-refractivity contribution in [3.63, 3.8) is 0 Å². The molecule has 18 heavy (non-hydrogen) atoms. The minimum Gasteiger partial charge on any atom is -0.207 e. The molecule has 2 rings (SSSR count). The molecule has 0 aliphatic rings. The van der Waals surface area contributed by atoms with Crippen LogP contribution in [0.4, 0.5) is 8.78 Å². The predicted molar refractivity (Wildman–Crippen MR) is 69.0 cm³/mol. The maximum atomic E-state index is 13.1. The Bertz CT molecular complexity index is 621. The van der Waals surface area contributed by atoms with E-state index in [1.54, 1.807) is 17.5 Å². The van der Waals surface area contributed by atoms with Gasteiger partial charge < -0.3 is 0 Å². The Balaban J connectivity index is 2.58. The monoisotopic (exact) mass is 281 g/mol. The highest BCUT2D eigenvalue weighted by Crippen LogP contribution is 2.32. The molecule has 0 atom stereocenters. The van der Waals surface area contributed by atoms with Crippen LogP contribution in [0.25, 0.3) is 10.6 Å². The average Bonchev–Trinajstić information content (AvgIpc) is 2.82. The summed E-state index contributed by atoms with van der Waals surface area (Å²) in [7, 11) is 0. The number of halogens is 3. The molecule has 2 aromatic rings. The number of allylic oxidation sites excluding steroid dienone is 1. The smallest absolute Gasteiger partial charge is 0.126 e. The van der Waals surface area contributed by atoms with E-state index in [0.29, 0.717) is 4.88 Å². The SMILES string of the molecule is N#CC(=C(Cl)c1cc(F)cc(F)c1)c1cccs1. The zero-order chi connectivity index (χ0) is 13.1. The van der Waals surface area contributed by atoms with Crippen LogP contribution in [-0.2, 0) is 0 Å². The fourth-order valence-corrected chi connectivity index (χ4v) is 2.49. The summed E-state index contributed by atoms with van der Waals surface area (Å²) in [5.74, 6) is -1.46. The first-order chi connectivity index (χ1) is 8.61. The second kappa shape index (κ2) is 5.30. The molecular formula is C13H6ClF2NS. The van der Waals surface area contributed by atoms with Gasteiger partial charge in [-0.2, -0.15) is 5.26 Å². The van der Waals surface area contributed by atoms with E-state index >= 15 is 0 Å². The molecule has 0 spiro atoms. The van der Waals surface area contributed by atoms with Gasteiger partial charge in [0, 0.05) is 16.5 Å². The minimum absolute atomic E-state index is 0.0401. The van der Waals surface area contributed by atoms with Crippen LogP contribution < -0.4 is 0 Å². The fraction of sp³-hybridized carbons (Fsp3) is 0. The third-order valence-corrected chi connectivity index (χ3v) is 3.51. The van der Waals surface area contributed by atoms with Crippen molar-refractivity contribution in [2.45, 2.75) is 0 Å². The molecule has 1 aromatic carbocycles. The van der Waals surface area contributed by atoms with Crippen molar-refractivity contribution in [3.8, 4) is 6.07 Å². The van der Waals surface area contributed by atoms with E-state index in [2.05, 4.69) is 0 Å².